The van der Waals surface area contributed by atoms with Crippen molar-refractivity contribution in [3.63, 3.8) is 0 Å². The molecule has 0 bridgehead atoms. The molecule has 0 saturated carbocycles. The minimum Gasteiger partial charge on any atom is -0.385 e. The van der Waals surface area contributed by atoms with E-state index in [0.717, 1.165) is 36.9 Å². The largest absolute Gasteiger partial charge is 0.385 e. The van der Waals surface area contributed by atoms with Crippen LogP contribution in [-0.2, 0) is 16.0 Å². The Bertz CT molecular complexity index is 495. The molecule has 1 heterocycles. The van der Waals surface area contributed by atoms with Gasteiger partial charge in [-0.2, -0.15) is 0 Å². The Labute approximate surface area is 141 Å². The number of amides is 1. The maximum absolute atomic E-state index is 12.9. The van der Waals surface area contributed by atoms with E-state index < -0.39 is 0 Å². The molecule has 2 rings (SSSR count). The molecule has 1 aromatic carbocycles. The van der Waals surface area contributed by atoms with E-state index in [1.54, 1.807) is 7.11 Å². The van der Waals surface area contributed by atoms with Gasteiger partial charge in [0.1, 0.15) is 0 Å². The monoisotopic (exact) mass is 368 g/mol. The summed E-state index contributed by atoms with van der Waals surface area (Å²) in [6.45, 7) is 5.27. The van der Waals surface area contributed by atoms with Gasteiger partial charge in [-0.3, -0.25) is 4.79 Å². The average molecular weight is 369 g/mol. The molecule has 2 atom stereocenters. The molecule has 122 valence electrons. The molecule has 1 saturated heterocycles. The van der Waals surface area contributed by atoms with Crippen molar-refractivity contribution in [2.24, 2.45) is 5.92 Å². The first kappa shape index (κ1) is 17.4. The molecule has 4 nitrogen and oxygen atoms in total. The Kier molecular flexibility index (Phi) is 6.86. The van der Waals surface area contributed by atoms with Crippen molar-refractivity contribution in [1.82, 2.24) is 10.2 Å². The highest BCUT2D eigenvalue weighted by atomic mass is 79.9. The number of halogens is 1. The lowest BCUT2D eigenvalue weighted by atomic mass is 9.94. The number of ether oxygens (including phenoxy) is 1. The van der Waals surface area contributed by atoms with Gasteiger partial charge in [0.25, 0.3) is 0 Å². The second-order valence-corrected chi connectivity index (χ2v) is 6.81. The van der Waals surface area contributed by atoms with Crippen LogP contribution < -0.4 is 5.32 Å². The van der Waals surface area contributed by atoms with E-state index in [4.69, 9.17) is 4.74 Å². The van der Waals surface area contributed by atoms with Crippen molar-refractivity contribution in [3.8, 4) is 0 Å². The molecule has 1 aromatic rings. The first-order valence-corrected chi connectivity index (χ1v) is 8.65. The molecule has 5 heteroatoms. The number of piperazine rings is 1. The predicted octanol–water partition coefficient (Wildman–Crippen LogP) is 2.46. The molecule has 2 unspecified atom stereocenters. The highest BCUT2D eigenvalue weighted by Crippen LogP contribution is 2.20. The number of carbonyl (C=O) groups is 1. The Morgan fingerprint density at radius 3 is 3.05 bits per heavy atom. The van der Waals surface area contributed by atoms with Gasteiger partial charge in [-0.05, 0) is 37.5 Å². The fourth-order valence-corrected chi connectivity index (χ4v) is 3.37. The van der Waals surface area contributed by atoms with Crippen LogP contribution in [0.5, 0.6) is 0 Å². The van der Waals surface area contributed by atoms with Crippen LogP contribution in [0.2, 0.25) is 0 Å². The van der Waals surface area contributed by atoms with E-state index in [2.05, 4.69) is 40.3 Å². The standard InChI is InChI=1S/C17H25BrN2O2/c1-13-12-19-7-8-20(13)17(21)15(6-9-22-2)10-14-4-3-5-16(18)11-14/h3-5,11,13,15,19H,6-10,12H2,1-2H3. The lowest BCUT2D eigenvalue weighted by molar-refractivity contribution is -0.139. The quantitative estimate of drug-likeness (QED) is 0.838. The molecule has 0 aliphatic carbocycles. The zero-order valence-corrected chi connectivity index (χ0v) is 14.9. The lowest BCUT2D eigenvalue weighted by Crippen LogP contribution is -2.54. The summed E-state index contributed by atoms with van der Waals surface area (Å²) >= 11 is 3.50. The fourth-order valence-electron chi connectivity index (χ4n) is 2.92. The van der Waals surface area contributed by atoms with Gasteiger partial charge in [-0.25, -0.2) is 0 Å². The van der Waals surface area contributed by atoms with E-state index in [1.807, 2.05) is 17.0 Å². The van der Waals surface area contributed by atoms with E-state index in [0.29, 0.717) is 6.61 Å². The predicted molar refractivity (Wildman–Crippen MR) is 91.9 cm³/mol. The highest BCUT2D eigenvalue weighted by Gasteiger charge is 2.29. The van der Waals surface area contributed by atoms with Gasteiger partial charge in [0.2, 0.25) is 5.91 Å². The Morgan fingerprint density at radius 1 is 1.55 bits per heavy atom. The minimum absolute atomic E-state index is 0.0187. The zero-order valence-electron chi connectivity index (χ0n) is 13.3. The van der Waals surface area contributed by atoms with Crippen LogP contribution in [0.25, 0.3) is 0 Å². The number of methoxy groups -OCH3 is 1. The Balaban J connectivity index is 2.08. The molecule has 1 aliphatic rings. The van der Waals surface area contributed by atoms with Crippen LogP contribution in [0.4, 0.5) is 0 Å². The normalized spacial score (nSPS) is 20.0. The molecule has 22 heavy (non-hydrogen) atoms. The lowest BCUT2D eigenvalue weighted by Gasteiger charge is -2.36. The summed E-state index contributed by atoms with van der Waals surface area (Å²) in [6.07, 6.45) is 1.52. The van der Waals surface area contributed by atoms with Gasteiger partial charge >= 0.3 is 0 Å². The van der Waals surface area contributed by atoms with E-state index in [9.17, 15) is 4.79 Å². The molecule has 1 amide bonds. The van der Waals surface area contributed by atoms with Gasteiger partial charge in [-0.1, -0.05) is 28.1 Å². The summed E-state index contributed by atoms with van der Waals surface area (Å²) in [7, 11) is 1.69. The summed E-state index contributed by atoms with van der Waals surface area (Å²) in [4.78, 5) is 15.0. The average Bonchev–Trinajstić information content (AvgIpc) is 2.51. The second kappa shape index (κ2) is 8.65. The number of benzene rings is 1. The summed E-state index contributed by atoms with van der Waals surface area (Å²) in [5.74, 6) is 0.237. The highest BCUT2D eigenvalue weighted by molar-refractivity contribution is 9.10. The number of hydrogen-bond acceptors (Lipinski definition) is 3. The van der Waals surface area contributed by atoms with E-state index in [-0.39, 0.29) is 17.9 Å². The molecular weight excluding hydrogens is 344 g/mol. The van der Waals surface area contributed by atoms with Crippen LogP contribution in [-0.4, -0.2) is 50.2 Å². The molecule has 1 N–H and O–H groups in total. The first-order chi connectivity index (χ1) is 10.6. The van der Waals surface area contributed by atoms with Crippen molar-refractivity contribution in [2.75, 3.05) is 33.4 Å². The minimum atomic E-state index is -0.0187. The van der Waals surface area contributed by atoms with Gasteiger partial charge in [0.15, 0.2) is 0 Å². The molecule has 1 fully saturated rings. The van der Waals surface area contributed by atoms with Crippen molar-refractivity contribution < 1.29 is 9.53 Å². The first-order valence-electron chi connectivity index (χ1n) is 7.86. The summed E-state index contributed by atoms with van der Waals surface area (Å²) < 4.78 is 6.26. The Hall–Kier alpha value is -0.910. The molecular formula is C17H25BrN2O2. The molecule has 1 aliphatic heterocycles. The topological polar surface area (TPSA) is 41.6 Å². The van der Waals surface area contributed by atoms with Crippen molar-refractivity contribution >= 4 is 21.8 Å². The van der Waals surface area contributed by atoms with Crippen molar-refractivity contribution in [3.05, 3.63) is 34.3 Å². The SMILES string of the molecule is COCCC(Cc1cccc(Br)c1)C(=O)N1CCNCC1C. The number of rotatable bonds is 6. The molecule has 0 radical (unpaired) electrons. The number of nitrogens with one attached hydrogen (secondary N) is 1. The van der Waals surface area contributed by atoms with E-state index in [1.165, 1.54) is 5.56 Å². The Morgan fingerprint density at radius 2 is 2.36 bits per heavy atom. The third-order valence-corrected chi connectivity index (χ3v) is 4.67. The van der Waals surface area contributed by atoms with Crippen LogP contribution in [0, 0.1) is 5.92 Å². The summed E-state index contributed by atoms with van der Waals surface area (Å²) in [5, 5.41) is 3.33. The van der Waals surface area contributed by atoms with Crippen LogP contribution in [0.1, 0.15) is 18.9 Å². The maximum atomic E-state index is 12.9. The van der Waals surface area contributed by atoms with Gasteiger partial charge in [0, 0.05) is 49.8 Å². The maximum Gasteiger partial charge on any atom is 0.226 e. The van der Waals surface area contributed by atoms with Crippen LogP contribution >= 0.6 is 15.9 Å². The van der Waals surface area contributed by atoms with Crippen molar-refractivity contribution in [2.45, 2.75) is 25.8 Å². The zero-order chi connectivity index (χ0) is 15.9. The second-order valence-electron chi connectivity index (χ2n) is 5.90. The van der Waals surface area contributed by atoms with Crippen molar-refractivity contribution in [1.29, 1.82) is 0 Å². The molecule has 0 aromatic heterocycles. The summed E-state index contributed by atoms with van der Waals surface area (Å²) in [5.41, 5.74) is 1.19. The third-order valence-electron chi connectivity index (χ3n) is 4.18. The third kappa shape index (κ3) is 4.80. The summed E-state index contributed by atoms with van der Waals surface area (Å²) in [6, 6.07) is 8.46. The van der Waals surface area contributed by atoms with Gasteiger partial charge in [-0.15, -0.1) is 0 Å². The number of nitrogens with zero attached hydrogens (tertiary/aromatic N) is 1. The van der Waals surface area contributed by atoms with Gasteiger partial charge < -0.3 is 15.0 Å². The molecule has 0 spiro atoms. The van der Waals surface area contributed by atoms with Crippen LogP contribution in [0.15, 0.2) is 28.7 Å². The number of carbonyl (C=O) groups excluding carboxylic acids is 1. The number of hydrogen-bond donors (Lipinski definition) is 1. The fraction of sp³-hybridized carbons (Fsp3) is 0.588. The smallest absolute Gasteiger partial charge is 0.226 e. The van der Waals surface area contributed by atoms with Crippen LogP contribution in [0.3, 0.4) is 0 Å². The van der Waals surface area contributed by atoms with Gasteiger partial charge in [0.05, 0.1) is 0 Å². The van der Waals surface area contributed by atoms with E-state index >= 15 is 0 Å².